The highest BCUT2D eigenvalue weighted by Crippen LogP contribution is 2.34. The maximum atomic E-state index is 13.5. The van der Waals surface area contributed by atoms with Crippen molar-refractivity contribution in [1.82, 2.24) is 59.1 Å². The van der Waals surface area contributed by atoms with Crippen molar-refractivity contribution in [3.8, 4) is 11.5 Å². The second-order valence-electron chi connectivity index (χ2n) is 27.0. The molecule has 0 radical (unpaired) electrons. The molecule has 1 aliphatic heterocycles. The van der Waals surface area contributed by atoms with Crippen LogP contribution in [0.4, 0.5) is 34.4 Å². The molecule has 648 valence electrons. The zero-order valence-corrected chi connectivity index (χ0v) is 69.1. The van der Waals surface area contributed by atoms with Crippen LogP contribution in [0.3, 0.4) is 0 Å². The number of hydrogen-bond donors (Lipinski definition) is 11. The summed E-state index contributed by atoms with van der Waals surface area (Å²) in [7, 11) is 9.59. The highest BCUT2D eigenvalue weighted by Gasteiger charge is 2.33. The van der Waals surface area contributed by atoms with Crippen molar-refractivity contribution in [3.05, 3.63) is 161 Å². The van der Waals surface area contributed by atoms with Gasteiger partial charge in [-0.1, -0.05) is 23.7 Å². The Labute approximate surface area is 702 Å². The van der Waals surface area contributed by atoms with E-state index in [1.807, 2.05) is 18.2 Å². The molecule has 0 saturated carbocycles. The van der Waals surface area contributed by atoms with Gasteiger partial charge in [0.25, 0.3) is 29.5 Å². The Balaban J connectivity index is 0.505. The first-order valence-corrected chi connectivity index (χ1v) is 39.1. The number of ether oxygens (including phenoxy) is 10. The number of imidazole rings is 3. The van der Waals surface area contributed by atoms with Crippen LogP contribution in [0.25, 0.3) is 0 Å². The molecule has 0 aliphatic carbocycles. The third-order valence-electron chi connectivity index (χ3n) is 17.8. The van der Waals surface area contributed by atoms with Crippen molar-refractivity contribution in [2.45, 2.75) is 38.6 Å². The fourth-order valence-corrected chi connectivity index (χ4v) is 12.0. The molecular formula is C80H102ClN21O19. The molecule has 121 heavy (non-hydrogen) atoms. The lowest BCUT2D eigenvalue weighted by molar-refractivity contribution is -0.121. The van der Waals surface area contributed by atoms with E-state index < -0.39 is 47.4 Å². The summed E-state index contributed by atoms with van der Waals surface area (Å²) in [6.45, 7) is 7.98. The van der Waals surface area contributed by atoms with Crippen molar-refractivity contribution >= 4 is 117 Å². The maximum Gasteiger partial charge on any atom is 0.291 e. The molecule has 0 spiro atoms. The third-order valence-corrected chi connectivity index (χ3v) is 18.1. The van der Waals surface area contributed by atoms with Gasteiger partial charge in [-0.3, -0.25) is 63.9 Å². The molecule has 11 N–H and O–H groups in total. The van der Waals surface area contributed by atoms with Crippen molar-refractivity contribution in [2.24, 2.45) is 40.2 Å². The number of aliphatic imine (C=N–C) groups is 1. The Bertz CT molecular complexity index is 4880. The Morgan fingerprint density at radius 3 is 1.38 bits per heavy atom. The normalized spacial score (nSPS) is 12.4. The first-order valence-electron chi connectivity index (χ1n) is 38.7. The highest BCUT2D eigenvalue weighted by atomic mass is 35.5. The average Bonchev–Trinajstić information content (AvgIpc) is 1.60. The zero-order chi connectivity index (χ0) is 86.6. The second kappa shape index (κ2) is 47.9. The molecule has 9 amide bonds. The number of fused-ring (bicyclic) bond motifs is 1. The summed E-state index contributed by atoms with van der Waals surface area (Å²) in [5.41, 5.74) is 4.06. The average molecular weight is 1700 g/mol. The van der Waals surface area contributed by atoms with Crippen LogP contribution in [0.15, 0.2) is 121 Å². The number of amides is 9. The number of benzodiazepines with no additional fused rings is 1. The molecular weight excluding hydrogens is 1590 g/mol. The molecule has 8 aromatic rings. The number of carbonyl (C=O) groups is 9. The highest BCUT2D eigenvalue weighted by molar-refractivity contribution is 6.31. The molecule has 0 saturated heterocycles. The quantitative estimate of drug-likeness (QED) is 0.0139. The number of amidine groups is 2. The van der Waals surface area contributed by atoms with E-state index >= 15 is 0 Å². The molecule has 0 fully saturated rings. The summed E-state index contributed by atoms with van der Waals surface area (Å²) in [4.78, 5) is 135. The van der Waals surface area contributed by atoms with Crippen molar-refractivity contribution in [2.75, 3.05) is 177 Å². The summed E-state index contributed by atoms with van der Waals surface area (Å²) >= 11 is 6.21. The first kappa shape index (κ1) is 92.3. The Hall–Kier alpha value is -12.5. The molecule has 40 nitrogen and oxygen atoms in total. The zero-order valence-electron chi connectivity index (χ0n) is 68.3. The number of benzene rings is 3. The fraction of sp³-hybridized carbons (Fsp3) is 0.412. The lowest BCUT2D eigenvalue weighted by Gasteiger charge is -2.26. The van der Waals surface area contributed by atoms with Crippen molar-refractivity contribution in [3.63, 3.8) is 0 Å². The minimum absolute atomic E-state index is 0.0103. The van der Waals surface area contributed by atoms with E-state index in [2.05, 4.69) is 62.8 Å². The molecule has 1 atom stereocenters. The monoisotopic (exact) mass is 1700 g/mol. The molecule has 5 aromatic heterocycles. The van der Waals surface area contributed by atoms with Gasteiger partial charge in [-0.2, -0.15) is 0 Å². The Kier molecular flexibility index (Phi) is 36.6. The van der Waals surface area contributed by atoms with Gasteiger partial charge < -0.3 is 118 Å². The lowest BCUT2D eigenvalue weighted by atomic mass is 9.99. The van der Waals surface area contributed by atoms with E-state index in [-0.39, 0.29) is 128 Å². The van der Waals surface area contributed by atoms with Gasteiger partial charge in [0.15, 0.2) is 17.5 Å². The number of hydrogen-bond acceptors (Lipinski definition) is 25. The van der Waals surface area contributed by atoms with E-state index in [4.69, 9.17) is 74.8 Å². The SMILES string of the molecule is COc1ccc2c(c1)C(c1ccc(Cl)cc1)=N[C@@H](CC(=O)Nc1ccc(OCCOCCOCCOCCOCCOCCOCCOCCOCCNC(=O)CCNC(=O)c3nc(NC(=O)CCNC(=O)c4cc(NC(=O)c5nc(NC(=O)CCNC(=O)c6cc(NC(=O)c7nccn7C)cn6C)cn5C)cn4C)cn3C)cc1)C(=N)N2C(C)=N. The van der Waals surface area contributed by atoms with Crippen LogP contribution >= 0.6 is 11.6 Å². The summed E-state index contributed by atoms with van der Waals surface area (Å²) in [5, 5.41) is 42.5. The number of halogens is 1. The number of anilines is 6. The number of carbonyl (C=O) groups excluding carboxylic acids is 9. The van der Waals surface area contributed by atoms with Crippen LogP contribution in [-0.2, 0) is 92.3 Å². The van der Waals surface area contributed by atoms with Gasteiger partial charge in [0, 0.05) is 140 Å². The molecule has 0 unspecified atom stereocenters. The molecule has 9 rings (SSSR count). The lowest BCUT2D eigenvalue weighted by Crippen LogP contribution is -2.41. The van der Waals surface area contributed by atoms with Crippen molar-refractivity contribution < 1.29 is 90.5 Å². The topological polar surface area (TPSA) is 481 Å². The number of methoxy groups -OCH3 is 1. The van der Waals surface area contributed by atoms with Gasteiger partial charge in [-0.25, -0.2) is 15.0 Å². The van der Waals surface area contributed by atoms with Crippen LogP contribution in [0.5, 0.6) is 11.5 Å². The largest absolute Gasteiger partial charge is 0.497 e. The number of aromatic nitrogens is 8. The number of aryl methyl sites for hydroxylation is 5. The van der Waals surface area contributed by atoms with Gasteiger partial charge in [0.1, 0.15) is 47.2 Å². The predicted molar refractivity (Wildman–Crippen MR) is 447 cm³/mol. The van der Waals surface area contributed by atoms with Gasteiger partial charge >= 0.3 is 0 Å². The van der Waals surface area contributed by atoms with E-state index in [0.29, 0.717) is 151 Å². The molecule has 41 heteroatoms. The summed E-state index contributed by atoms with van der Waals surface area (Å²) in [6, 6.07) is 21.4. The Morgan fingerprint density at radius 2 is 0.901 bits per heavy atom. The number of nitrogens with one attached hydrogen (secondary N) is 11. The van der Waals surface area contributed by atoms with Gasteiger partial charge in [-0.05, 0) is 73.7 Å². The van der Waals surface area contributed by atoms with Crippen LogP contribution < -0.4 is 62.2 Å². The summed E-state index contributed by atoms with van der Waals surface area (Å²) < 4.78 is 63.2. The van der Waals surface area contributed by atoms with Gasteiger partial charge in [0.2, 0.25) is 35.3 Å². The minimum Gasteiger partial charge on any atom is -0.497 e. The molecule has 0 bridgehead atoms. The predicted octanol–water partition coefficient (Wildman–Crippen LogP) is 4.73. The minimum atomic E-state index is -0.920. The van der Waals surface area contributed by atoms with Gasteiger partial charge in [-0.15, -0.1) is 0 Å². The molecule has 3 aromatic carbocycles. The number of rotatable bonds is 51. The standard InChI is InChI=1S/C80H102ClN21O19/c1-52(82)102-62-17-16-59(112-7)46-60(62)71(53-8-10-54(81)11-9-53)92-61(72(102)83)47-70(106)89-55-12-14-58(15-13-55)121-43-42-120-41-40-119-39-38-118-37-36-117-35-34-116-33-32-115-31-30-114-29-28-113-27-25-84-67(103)18-21-88-78(109)74-95-65(50-100(74)5)93-68(104)19-22-87-77(108)64-45-57(49-99(64)4)91-80(111)75-96-66(51-101(75)6)94-69(105)20-23-86-76(107)63-44-56(48-98(63)3)90-79(110)73-85-24-26-97(73)2/h8-17,24,26,44-46,48-51,61,82-83H,18-23,25,27-43,47H2,1-7H3,(H,84,103)(H,86,107)(H,87,108)(H,88,109)(H,89,106)(H,90,110)(H,91,111)(H,93,104)(H,94,105)/t61-/m0/s1. The van der Waals surface area contributed by atoms with Crippen molar-refractivity contribution in [1.29, 1.82) is 10.8 Å². The van der Waals surface area contributed by atoms with Crippen LogP contribution in [0.2, 0.25) is 5.02 Å². The van der Waals surface area contributed by atoms with Gasteiger partial charge in [0.05, 0.1) is 142 Å². The fourth-order valence-electron chi connectivity index (χ4n) is 11.9. The van der Waals surface area contributed by atoms with Crippen LogP contribution in [-0.4, -0.2) is 260 Å². The third kappa shape index (κ3) is 29.4. The van der Waals surface area contributed by atoms with Crippen LogP contribution in [0, 0.1) is 10.8 Å². The van der Waals surface area contributed by atoms with E-state index in [0.717, 1.165) is 5.56 Å². The smallest absolute Gasteiger partial charge is 0.291 e. The second-order valence-corrected chi connectivity index (χ2v) is 27.5. The van der Waals surface area contributed by atoms with E-state index in [9.17, 15) is 43.2 Å². The molecule has 1 aliphatic rings. The summed E-state index contributed by atoms with van der Waals surface area (Å²) in [6.07, 6.45) is 8.64. The van der Waals surface area contributed by atoms with E-state index in [1.165, 1.54) is 60.1 Å². The Morgan fingerprint density at radius 1 is 0.446 bits per heavy atom. The maximum absolute atomic E-state index is 13.5. The van der Waals surface area contributed by atoms with Crippen LogP contribution in [0.1, 0.15) is 96.6 Å². The first-order chi connectivity index (χ1) is 58.4. The molecule has 6 heterocycles. The number of nitrogens with zero attached hydrogens (tertiary/aromatic N) is 10. The summed E-state index contributed by atoms with van der Waals surface area (Å²) in [5.74, 6) is -2.80. The van der Waals surface area contributed by atoms with E-state index in [1.54, 1.807) is 115 Å².